The first-order chi connectivity index (χ1) is 19.2. The molecule has 0 spiro atoms. The van der Waals surface area contributed by atoms with Crippen LogP contribution in [0.15, 0.2) is 93.6 Å². The van der Waals surface area contributed by atoms with Gasteiger partial charge in [-0.15, -0.1) is 22.7 Å². The van der Waals surface area contributed by atoms with E-state index >= 15 is 0 Å². The quantitative estimate of drug-likeness (QED) is 0.145. The summed E-state index contributed by atoms with van der Waals surface area (Å²) in [6.45, 7) is 0. The number of nitrogen functional groups attached to an aromatic ring is 2. The lowest BCUT2D eigenvalue weighted by Crippen LogP contribution is -2.08. The van der Waals surface area contributed by atoms with Crippen LogP contribution in [0.2, 0.25) is 0 Å². The van der Waals surface area contributed by atoms with Crippen molar-refractivity contribution in [2.75, 3.05) is 49.5 Å². The first-order valence-electron chi connectivity index (χ1n) is 12.5. The van der Waals surface area contributed by atoms with E-state index < -0.39 is 0 Å². The molecule has 0 atom stereocenters. The zero-order valence-electron chi connectivity index (χ0n) is 22.7. The molecule has 40 heavy (non-hydrogen) atoms. The van der Waals surface area contributed by atoms with Crippen molar-refractivity contribution < 1.29 is 0 Å². The summed E-state index contributed by atoms with van der Waals surface area (Å²) in [5.41, 5.74) is 20.1. The Morgan fingerprint density at radius 1 is 0.550 bits per heavy atom. The lowest BCUT2D eigenvalue weighted by atomic mass is 10.0. The SMILES string of the molecule is CN(C)c1ccc(-c2ccc(N(C)C)cc2)cc1.Nc1ccc2nc(SSc3nc4ccc(N)cc4s3)sc2c1. The Morgan fingerprint density at radius 3 is 1.27 bits per heavy atom. The molecule has 0 aliphatic carbocycles. The van der Waals surface area contributed by atoms with E-state index in [1.165, 1.54) is 22.5 Å². The van der Waals surface area contributed by atoms with Crippen molar-refractivity contribution in [1.82, 2.24) is 9.97 Å². The Hall–Kier alpha value is -3.44. The molecule has 4 aromatic carbocycles. The Labute approximate surface area is 250 Å². The molecule has 0 fully saturated rings. The third-order valence-corrected chi connectivity index (χ3v) is 11.1. The summed E-state index contributed by atoms with van der Waals surface area (Å²) in [5.74, 6) is 0. The monoisotopic (exact) mass is 602 g/mol. The third kappa shape index (κ3) is 6.82. The van der Waals surface area contributed by atoms with Crippen LogP contribution in [0.3, 0.4) is 0 Å². The standard InChI is InChI=1S/C16H20N2.C14H10N4S4/c1-17(2)15-9-5-13(6-10-15)14-7-11-16(12-8-14)18(3)4;15-7-1-3-9-11(5-7)19-13(17-9)21-22-14-18-10-4-2-8(16)6-12(10)20-14/h5-12H,1-4H3;1-6H,15-16H2. The van der Waals surface area contributed by atoms with Crippen LogP contribution in [0.4, 0.5) is 22.7 Å². The highest BCUT2D eigenvalue weighted by molar-refractivity contribution is 8.77. The molecule has 2 heterocycles. The third-order valence-electron chi connectivity index (χ3n) is 6.07. The van der Waals surface area contributed by atoms with Crippen LogP contribution in [-0.4, -0.2) is 38.2 Å². The maximum Gasteiger partial charge on any atom is 0.162 e. The van der Waals surface area contributed by atoms with Crippen LogP contribution in [0.5, 0.6) is 0 Å². The van der Waals surface area contributed by atoms with E-state index in [4.69, 9.17) is 11.5 Å². The molecule has 6 nitrogen and oxygen atoms in total. The minimum atomic E-state index is 0.768. The van der Waals surface area contributed by atoms with Crippen molar-refractivity contribution in [2.45, 2.75) is 8.68 Å². The summed E-state index contributed by atoms with van der Waals surface area (Å²) >= 11 is 3.30. The van der Waals surface area contributed by atoms with E-state index in [1.807, 2.05) is 36.4 Å². The van der Waals surface area contributed by atoms with Crippen LogP contribution in [0, 0.1) is 0 Å². The number of benzene rings is 4. The van der Waals surface area contributed by atoms with Crippen LogP contribution < -0.4 is 21.3 Å². The number of rotatable bonds is 6. The average molecular weight is 603 g/mol. The van der Waals surface area contributed by atoms with Gasteiger partial charge in [-0.3, -0.25) is 0 Å². The highest BCUT2D eigenvalue weighted by Crippen LogP contribution is 2.43. The Kier molecular flexibility index (Phi) is 8.70. The molecule has 4 N–H and O–H groups in total. The van der Waals surface area contributed by atoms with Crippen molar-refractivity contribution in [1.29, 1.82) is 0 Å². The number of thiazole rings is 2. The van der Waals surface area contributed by atoms with Gasteiger partial charge in [0.25, 0.3) is 0 Å². The number of hydrogen-bond donors (Lipinski definition) is 2. The van der Waals surface area contributed by atoms with Crippen molar-refractivity contribution in [3.8, 4) is 11.1 Å². The fraction of sp³-hybridized carbons (Fsp3) is 0.133. The van der Waals surface area contributed by atoms with Gasteiger partial charge in [0.2, 0.25) is 0 Å². The summed E-state index contributed by atoms with van der Waals surface area (Å²) in [6.07, 6.45) is 0. The molecule has 0 unspecified atom stereocenters. The minimum absolute atomic E-state index is 0.768. The van der Waals surface area contributed by atoms with E-state index in [0.29, 0.717) is 0 Å². The second kappa shape index (κ2) is 12.4. The van der Waals surface area contributed by atoms with Crippen molar-refractivity contribution in [3.05, 3.63) is 84.9 Å². The summed E-state index contributed by atoms with van der Waals surface area (Å²) in [7, 11) is 11.5. The van der Waals surface area contributed by atoms with Crippen molar-refractivity contribution in [2.24, 2.45) is 0 Å². The van der Waals surface area contributed by atoms with Crippen LogP contribution in [0.1, 0.15) is 0 Å². The number of aromatic nitrogens is 2. The summed E-state index contributed by atoms with van der Waals surface area (Å²) in [4.78, 5) is 13.4. The predicted molar refractivity (Wildman–Crippen MR) is 180 cm³/mol. The van der Waals surface area contributed by atoms with Gasteiger partial charge in [0.05, 0.1) is 20.4 Å². The fourth-order valence-corrected chi connectivity index (χ4v) is 8.48. The molecule has 0 saturated carbocycles. The molecule has 0 bridgehead atoms. The number of anilines is 4. The summed E-state index contributed by atoms with van der Waals surface area (Å²) < 4.78 is 4.23. The molecular formula is C30H30N6S4. The lowest BCUT2D eigenvalue weighted by Gasteiger charge is -2.14. The van der Waals surface area contributed by atoms with Gasteiger partial charge in [0, 0.05) is 50.9 Å². The maximum absolute atomic E-state index is 5.80. The first kappa shape index (κ1) is 28.1. The van der Waals surface area contributed by atoms with Gasteiger partial charge in [-0.2, -0.15) is 0 Å². The molecule has 2 aromatic heterocycles. The minimum Gasteiger partial charge on any atom is -0.399 e. The van der Waals surface area contributed by atoms with Gasteiger partial charge >= 0.3 is 0 Å². The zero-order valence-corrected chi connectivity index (χ0v) is 25.9. The molecule has 0 aliphatic rings. The van der Waals surface area contributed by atoms with Crippen molar-refractivity contribution >= 4 is 87.4 Å². The van der Waals surface area contributed by atoms with Crippen LogP contribution in [-0.2, 0) is 0 Å². The Bertz CT molecular complexity index is 1590. The van der Waals surface area contributed by atoms with Gasteiger partial charge in [0.15, 0.2) is 8.68 Å². The molecular weight excluding hydrogens is 573 g/mol. The number of fused-ring (bicyclic) bond motifs is 2. The van der Waals surface area contributed by atoms with E-state index in [-0.39, 0.29) is 0 Å². The van der Waals surface area contributed by atoms with E-state index in [1.54, 1.807) is 44.3 Å². The summed E-state index contributed by atoms with van der Waals surface area (Å²) in [6, 6.07) is 28.8. The molecule has 0 aliphatic heterocycles. The molecule has 0 amide bonds. The lowest BCUT2D eigenvalue weighted by molar-refractivity contribution is 1.13. The normalized spacial score (nSPS) is 10.9. The largest absolute Gasteiger partial charge is 0.399 e. The van der Waals surface area contributed by atoms with Gasteiger partial charge in [0.1, 0.15) is 0 Å². The van der Waals surface area contributed by atoms with Gasteiger partial charge in [-0.25, -0.2) is 9.97 Å². The maximum atomic E-state index is 5.80. The van der Waals surface area contributed by atoms with E-state index in [9.17, 15) is 0 Å². The molecule has 0 saturated heterocycles. The number of nitrogens with zero attached hydrogens (tertiary/aromatic N) is 4. The van der Waals surface area contributed by atoms with Crippen LogP contribution in [0.25, 0.3) is 31.6 Å². The second-order valence-electron chi connectivity index (χ2n) is 9.46. The van der Waals surface area contributed by atoms with Gasteiger partial charge in [-0.05, 0) is 93.4 Å². The topological polar surface area (TPSA) is 84.3 Å². The molecule has 10 heteroatoms. The number of nitrogens with two attached hydrogens (primary N) is 2. The molecule has 204 valence electrons. The average Bonchev–Trinajstić information content (AvgIpc) is 3.55. The summed E-state index contributed by atoms with van der Waals surface area (Å²) in [5, 5.41) is 0. The van der Waals surface area contributed by atoms with Crippen LogP contribution >= 0.6 is 44.3 Å². The highest BCUT2D eigenvalue weighted by atomic mass is 33.1. The molecule has 6 rings (SSSR count). The zero-order chi connectivity index (χ0) is 28.2. The number of hydrogen-bond acceptors (Lipinski definition) is 10. The van der Waals surface area contributed by atoms with Crippen molar-refractivity contribution in [3.63, 3.8) is 0 Å². The fourth-order valence-electron chi connectivity index (χ4n) is 3.89. The molecule has 0 radical (unpaired) electrons. The second-order valence-corrected chi connectivity index (χ2v) is 14.1. The molecule has 6 aromatic rings. The smallest absolute Gasteiger partial charge is 0.162 e. The van der Waals surface area contributed by atoms with E-state index in [2.05, 4.69) is 96.5 Å². The Balaban J connectivity index is 0.000000165. The van der Waals surface area contributed by atoms with Gasteiger partial charge < -0.3 is 21.3 Å². The predicted octanol–water partition coefficient (Wildman–Crippen LogP) is 8.36. The van der Waals surface area contributed by atoms with E-state index in [0.717, 1.165) is 40.5 Å². The first-order valence-corrected chi connectivity index (χ1v) is 16.3. The van der Waals surface area contributed by atoms with Gasteiger partial charge in [-0.1, -0.05) is 24.3 Å². The Morgan fingerprint density at radius 2 is 0.925 bits per heavy atom. The highest BCUT2D eigenvalue weighted by Gasteiger charge is 2.09.